The number of nitrogens with zero attached hydrogens (tertiary/aromatic N) is 5. The molecule has 41 heavy (non-hydrogen) atoms. The van der Waals surface area contributed by atoms with Crippen molar-refractivity contribution >= 4 is 11.1 Å². The first-order chi connectivity index (χ1) is 19.7. The predicted molar refractivity (Wildman–Crippen MR) is 150 cm³/mol. The van der Waals surface area contributed by atoms with E-state index in [1.54, 1.807) is 23.0 Å². The van der Waals surface area contributed by atoms with E-state index in [0.717, 1.165) is 54.5 Å². The maximum absolute atomic E-state index is 15.2. The van der Waals surface area contributed by atoms with Crippen molar-refractivity contribution in [3.05, 3.63) is 71.7 Å². The van der Waals surface area contributed by atoms with Gasteiger partial charge in [0.05, 0.1) is 5.60 Å². The lowest BCUT2D eigenvalue weighted by Gasteiger charge is -2.26. The van der Waals surface area contributed by atoms with Gasteiger partial charge in [-0.3, -0.25) is 0 Å². The third kappa shape index (κ3) is 4.91. The van der Waals surface area contributed by atoms with E-state index in [-0.39, 0.29) is 23.3 Å². The minimum atomic E-state index is -0.767. The van der Waals surface area contributed by atoms with Crippen LogP contribution in [0.2, 0.25) is 0 Å². The molecule has 0 saturated heterocycles. The quantitative estimate of drug-likeness (QED) is 0.257. The van der Waals surface area contributed by atoms with Gasteiger partial charge in [-0.15, -0.1) is 10.2 Å². The zero-order valence-corrected chi connectivity index (χ0v) is 22.9. The summed E-state index contributed by atoms with van der Waals surface area (Å²) in [5.74, 6) is 0.195. The molecule has 210 valence electrons. The second-order valence-corrected chi connectivity index (χ2v) is 11.5. The van der Waals surface area contributed by atoms with E-state index in [2.05, 4.69) is 20.5 Å². The molecule has 2 saturated carbocycles. The molecule has 0 bridgehead atoms. The van der Waals surface area contributed by atoms with Crippen molar-refractivity contribution in [2.45, 2.75) is 63.1 Å². The molecular weight excluding hydrogens is 526 g/mol. The van der Waals surface area contributed by atoms with Crippen molar-refractivity contribution in [2.75, 3.05) is 0 Å². The molecular formula is C31H30F2N6O2. The van der Waals surface area contributed by atoms with Gasteiger partial charge in [0.2, 0.25) is 5.89 Å². The van der Waals surface area contributed by atoms with Gasteiger partial charge >= 0.3 is 0 Å². The molecule has 0 spiro atoms. The smallest absolute Gasteiger partial charge is 0.246 e. The number of aromatic nitrogens is 5. The monoisotopic (exact) mass is 556 g/mol. The van der Waals surface area contributed by atoms with E-state index in [4.69, 9.17) is 9.40 Å². The van der Waals surface area contributed by atoms with Crippen LogP contribution >= 0.6 is 0 Å². The number of aliphatic hydroxyl groups is 1. The first-order valence-corrected chi connectivity index (χ1v) is 14.0. The Balaban J connectivity index is 1.27. The van der Waals surface area contributed by atoms with Gasteiger partial charge in [-0.2, -0.15) is 0 Å². The summed E-state index contributed by atoms with van der Waals surface area (Å²) in [5.41, 5.74) is 3.98. The summed E-state index contributed by atoms with van der Waals surface area (Å²) >= 11 is 0. The number of nitrogens with one attached hydrogen (secondary N) is 1. The van der Waals surface area contributed by atoms with Crippen LogP contribution < -0.4 is 5.32 Å². The Hall–Kier alpha value is -4.02. The summed E-state index contributed by atoms with van der Waals surface area (Å²) in [6, 6.07) is 11.7. The number of fused-ring (bicyclic) bond motifs is 1. The van der Waals surface area contributed by atoms with Gasteiger partial charge in [0.1, 0.15) is 23.4 Å². The molecule has 7 rings (SSSR count). The molecule has 2 aliphatic rings. The Morgan fingerprint density at radius 3 is 2.66 bits per heavy atom. The van der Waals surface area contributed by atoms with Gasteiger partial charge < -0.3 is 19.4 Å². The zero-order valence-electron chi connectivity index (χ0n) is 22.9. The Labute approximate surface area is 235 Å². The van der Waals surface area contributed by atoms with Crippen LogP contribution in [0, 0.1) is 11.6 Å². The molecule has 2 atom stereocenters. The van der Waals surface area contributed by atoms with E-state index in [9.17, 15) is 9.50 Å². The number of hydrogen-bond acceptors (Lipinski definition) is 7. The van der Waals surface area contributed by atoms with Crippen molar-refractivity contribution in [2.24, 2.45) is 7.05 Å². The number of benzene rings is 2. The summed E-state index contributed by atoms with van der Waals surface area (Å²) in [5, 5.41) is 22.1. The maximum Gasteiger partial charge on any atom is 0.246 e. The second-order valence-electron chi connectivity index (χ2n) is 11.5. The summed E-state index contributed by atoms with van der Waals surface area (Å²) in [6.07, 6.45) is 6.22. The van der Waals surface area contributed by atoms with Crippen molar-refractivity contribution in [1.82, 2.24) is 30.0 Å². The Morgan fingerprint density at radius 2 is 1.93 bits per heavy atom. The van der Waals surface area contributed by atoms with Crippen LogP contribution in [-0.4, -0.2) is 41.5 Å². The van der Waals surface area contributed by atoms with E-state index < -0.39 is 11.4 Å². The van der Waals surface area contributed by atoms with Gasteiger partial charge in [0, 0.05) is 36.8 Å². The molecule has 2 fully saturated rings. The molecule has 1 unspecified atom stereocenters. The Bertz CT molecular complexity index is 1770. The normalized spacial score (nSPS) is 20.8. The molecule has 3 heterocycles. The van der Waals surface area contributed by atoms with Crippen LogP contribution in [0.4, 0.5) is 8.78 Å². The molecule has 0 aliphatic heterocycles. The fourth-order valence-corrected chi connectivity index (χ4v) is 5.86. The van der Waals surface area contributed by atoms with Gasteiger partial charge in [-0.1, -0.05) is 6.07 Å². The topological polar surface area (TPSA) is 102 Å². The van der Waals surface area contributed by atoms with Crippen molar-refractivity contribution in [3.8, 4) is 34.1 Å². The zero-order chi connectivity index (χ0) is 28.3. The standard InChI is InChI=1S/C31H30F2N6O2/c1-31(40)9-3-4-27(31)34-15-17-10-23(33)28-25(11-17)37-30(41-28)26-13-19(12-24(36-26)18-5-6-18)21-8-7-20(32)14-22(21)29-38-35-16-39(29)2/h7-8,10-14,16,18,27,34,40H,3-6,9,15H2,1-2H3/t27?,31-/m1/s1. The molecule has 2 aromatic carbocycles. The van der Waals surface area contributed by atoms with Gasteiger partial charge in [-0.05, 0) is 92.1 Å². The molecule has 0 radical (unpaired) electrons. The predicted octanol–water partition coefficient (Wildman–Crippen LogP) is 5.90. The molecule has 2 N–H and O–H groups in total. The van der Waals surface area contributed by atoms with E-state index in [1.165, 1.54) is 18.2 Å². The van der Waals surface area contributed by atoms with Crippen molar-refractivity contribution < 1.29 is 18.3 Å². The first-order valence-electron chi connectivity index (χ1n) is 14.0. The van der Waals surface area contributed by atoms with Crippen LogP contribution in [0.15, 0.2) is 53.2 Å². The van der Waals surface area contributed by atoms with Crippen LogP contribution in [-0.2, 0) is 13.6 Å². The average molecular weight is 557 g/mol. The first kappa shape index (κ1) is 25.9. The molecule has 5 aromatic rings. The maximum atomic E-state index is 15.2. The number of aryl methyl sites for hydroxylation is 1. The molecule has 0 amide bonds. The largest absolute Gasteiger partial charge is 0.432 e. The minimum Gasteiger partial charge on any atom is -0.432 e. The SMILES string of the molecule is Cn1cnnc1-c1cc(F)ccc1-c1cc(-c2nc3cc(CNC4CCC[C@@]4(C)O)cc(F)c3o2)nc(C2CC2)c1. The van der Waals surface area contributed by atoms with E-state index in [0.29, 0.717) is 35.1 Å². The highest BCUT2D eigenvalue weighted by molar-refractivity contribution is 5.83. The van der Waals surface area contributed by atoms with Gasteiger partial charge in [0.15, 0.2) is 17.2 Å². The van der Waals surface area contributed by atoms with Crippen LogP contribution in [0.3, 0.4) is 0 Å². The van der Waals surface area contributed by atoms with Crippen LogP contribution in [0.1, 0.15) is 56.2 Å². The number of halogens is 2. The van der Waals surface area contributed by atoms with E-state index >= 15 is 4.39 Å². The summed E-state index contributed by atoms with van der Waals surface area (Å²) < 4.78 is 37.2. The lowest BCUT2D eigenvalue weighted by Crippen LogP contribution is -2.44. The third-order valence-electron chi connectivity index (χ3n) is 8.29. The molecule has 8 nitrogen and oxygen atoms in total. The fraction of sp³-hybridized carbons (Fsp3) is 0.355. The molecule has 3 aromatic heterocycles. The second kappa shape index (κ2) is 9.81. The minimum absolute atomic E-state index is 0.0418. The van der Waals surface area contributed by atoms with Crippen LogP contribution in [0.25, 0.3) is 45.2 Å². The van der Waals surface area contributed by atoms with Crippen molar-refractivity contribution in [3.63, 3.8) is 0 Å². The van der Waals surface area contributed by atoms with E-state index in [1.807, 2.05) is 26.1 Å². The van der Waals surface area contributed by atoms with Crippen LogP contribution in [0.5, 0.6) is 0 Å². The number of pyridine rings is 1. The molecule has 2 aliphatic carbocycles. The summed E-state index contributed by atoms with van der Waals surface area (Å²) in [7, 11) is 1.81. The lowest BCUT2D eigenvalue weighted by atomic mass is 9.97. The highest BCUT2D eigenvalue weighted by atomic mass is 19.1. The highest BCUT2D eigenvalue weighted by Crippen LogP contribution is 2.43. The van der Waals surface area contributed by atoms with Gasteiger partial charge in [-0.25, -0.2) is 18.7 Å². The molecule has 10 heteroatoms. The average Bonchev–Trinajstić information content (AvgIpc) is 3.41. The lowest BCUT2D eigenvalue weighted by molar-refractivity contribution is 0.0387. The number of oxazole rings is 1. The highest BCUT2D eigenvalue weighted by Gasteiger charge is 2.36. The number of rotatable bonds is 7. The number of hydrogen-bond donors (Lipinski definition) is 2. The third-order valence-corrected chi connectivity index (χ3v) is 8.29. The summed E-state index contributed by atoms with van der Waals surface area (Å²) in [6.45, 7) is 2.25. The Morgan fingerprint density at radius 1 is 1.07 bits per heavy atom. The van der Waals surface area contributed by atoms with Crippen molar-refractivity contribution in [1.29, 1.82) is 0 Å². The Kier molecular flexibility index (Phi) is 6.20. The fourth-order valence-electron chi connectivity index (χ4n) is 5.86. The summed E-state index contributed by atoms with van der Waals surface area (Å²) in [4.78, 5) is 9.48. The van der Waals surface area contributed by atoms with Gasteiger partial charge in [0.25, 0.3) is 0 Å².